The summed E-state index contributed by atoms with van der Waals surface area (Å²) in [7, 11) is 0. The minimum absolute atomic E-state index is 0.584. The molecule has 0 aromatic heterocycles. The highest BCUT2D eigenvalue weighted by Gasteiger charge is 2.04. The Kier molecular flexibility index (Phi) is 7.44. The van der Waals surface area contributed by atoms with Gasteiger partial charge in [0.15, 0.2) is 0 Å². The average molecular weight is 241 g/mol. The molecule has 3 heteroatoms. The summed E-state index contributed by atoms with van der Waals surface area (Å²) in [5.74, 6) is 0. The van der Waals surface area contributed by atoms with Gasteiger partial charge in [-0.3, -0.25) is 4.90 Å². The molecule has 0 N–H and O–H groups in total. The Bertz CT molecular complexity index is 115. The van der Waals surface area contributed by atoms with Gasteiger partial charge in [0.25, 0.3) is 0 Å². The van der Waals surface area contributed by atoms with Crippen LogP contribution in [-0.2, 0) is 0 Å². The van der Waals surface area contributed by atoms with Gasteiger partial charge in [-0.25, -0.2) is 0 Å². The van der Waals surface area contributed by atoms with Crippen LogP contribution in [0.2, 0.25) is 0 Å². The molecule has 66 valence electrons. The molecule has 11 heavy (non-hydrogen) atoms. The van der Waals surface area contributed by atoms with E-state index in [1.165, 1.54) is 0 Å². The molecule has 0 fully saturated rings. The van der Waals surface area contributed by atoms with Gasteiger partial charge >= 0.3 is 0 Å². The number of alkyl halides is 1. The molecule has 0 radical (unpaired) electrons. The first-order chi connectivity index (χ1) is 5.22. The van der Waals surface area contributed by atoms with E-state index in [9.17, 15) is 0 Å². The van der Waals surface area contributed by atoms with E-state index in [0.29, 0.717) is 6.04 Å². The van der Waals surface area contributed by atoms with E-state index >= 15 is 0 Å². The lowest BCUT2D eigenvalue weighted by molar-refractivity contribution is 0.262. The fraction of sp³-hybridized carbons (Fsp3) is 0.750. The van der Waals surface area contributed by atoms with Crippen molar-refractivity contribution < 1.29 is 0 Å². The quantitative estimate of drug-likeness (QED) is 0.668. The van der Waals surface area contributed by atoms with Crippen LogP contribution in [0.4, 0.5) is 0 Å². The molecule has 0 unspecified atom stereocenters. The molecular formula is C8H15BrClN. The molecule has 0 aliphatic heterocycles. The summed E-state index contributed by atoms with van der Waals surface area (Å²) in [5, 5.41) is 1.02. The van der Waals surface area contributed by atoms with Gasteiger partial charge in [-0.2, -0.15) is 0 Å². The first kappa shape index (κ1) is 11.5. The fourth-order valence-electron chi connectivity index (χ4n) is 0.844. The first-order valence-electron chi connectivity index (χ1n) is 3.77. The topological polar surface area (TPSA) is 3.24 Å². The molecule has 1 nitrogen and oxygen atoms in total. The van der Waals surface area contributed by atoms with Crippen LogP contribution < -0.4 is 0 Å². The molecule has 0 amide bonds. The maximum Gasteiger partial charge on any atom is 0.0177 e. The maximum atomic E-state index is 5.43. The van der Waals surface area contributed by atoms with Crippen molar-refractivity contribution in [3.8, 4) is 0 Å². The predicted molar refractivity (Wildman–Crippen MR) is 55.5 cm³/mol. The summed E-state index contributed by atoms with van der Waals surface area (Å²) in [6.07, 6.45) is 1.96. The number of rotatable bonds is 5. The zero-order valence-corrected chi connectivity index (χ0v) is 9.40. The van der Waals surface area contributed by atoms with Gasteiger partial charge in [0.1, 0.15) is 0 Å². The molecule has 0 rings (SSSR count). The van der Waals surface area contributed by atoms with Crippen molar-refractivity contribution in [2.45, 2.75) is 19.9 Å². The number of nitrogens with zero attached hydrogens (tertiary/aromatic N) is 1. The molecule has 0 bridgehead atoms. The van der Waals surface area contributed by atoms with Crippen molar-refractivity contribution in [1.82, 2.24) is 4.90 Å². The minimum Gasteiger partial charge on any atom is -0.296 e. The lowest BCUT2D eigenvalue weighted by Gasteiger charge is -2.23. The highest BCUT2D eigenvalue weighted by molar-refractivity contribution is 9.09. The number of hydrogen-bond acceptors (Lipinski definition) is 1. The molecule has 0 aromatic carbocycles. The SMILES string of the molecule is CC(C)N(C/C=C/Cl)CCBr. The van der Waals surface area contributed by atoms with Crippen LogP contribution in [0.25, 0.3) is 0 Å². The van der Waals surface area contributed by atoms with Crippen LogP contribution in [0.1, 0.15) is 13.8 Å². The predicted octanol–water partition coefficient (Wildman–Crippen LogP) is 2.84. The second-order valence-corrected chi connectivity index (χ2v) is 3.68. The normalized spacial score (nSPS) is 12.2. The molecule has 0 saturated carbocycles. The fourth-order valence-corrected chi connectivity index (χ4v) is 1.38. The van der Waals surface area contributed by atoms with E-state index in [0.717, 1.165) is 18.4 Å². The Hall–Kier alpha value is 0.470. The zero-order chi connectivity index (χ0) is 8.69. The summed E-state index contributed by atoms with van der Waals surface area (Å²) in [6, 6.07) is 0.584. The molecule has 0 aliphatic rings. The molecule has 0 spiro atoms. The third-order valence-corrected chi connectivity index (χ3v) is 2.06. The van der Waals surface area contributed by atoms with Crippen molar-refractivity contribution in [2.75, 3.05) is 18.4 Å². The van der Waals surface area contributed by atoms with Crippen molar-refractivity contribution >= 4 is 27.5 Å². The molecule has 0 saturated heterocycles. The summed E-state index contributed by atoms with van der Waals surface area (Å²) in [5.41, 5.74) is 1.57. The third-order valence-electron chi connectivity index (χ3n) is 1.53. The van der Waals surface area contributed by atoms with Crippen molar-refractivity contribution in [1.29, 1.82) is 0 Å². The Morgan fingerprint density at radius 1 is 1.55 bits per heavy atom. The van der Waals surface area contributed by atoms with Crippen LogP contribution in [0, 0.1) is 0 Å². The van der Waals surface area contributed by atoms with Gasteiger partial charge in [0.05, 0.1) is 0 Å². The van der Waals surface area contributed by atoms with Crippen molar-refractivity contribution in [2.24, 2.45) is 0 Å². The summed E-state index contributed by atoms with van der Waals surface area (Å²) in [4.78, 5) is 2.34. The Morgan fingerprint density at radius 2 is 2.18 bits per heavy atom. The van der Waals surface area contributed by atoms with Gasteiger partial charge < -0.3 is 0 Å². The van der Waals surface area contributed by atoms with Crippen LogP contribution >= 0.6 is 27.5 Å². The number of hydrogen-bond donors (Lipinski definition) is 0. The van der Waals surface area contributed by atoms with Crippen LogP contribution in [0.5, 0.6) is 0 Å². The van der Waals surface area contributed by atoms with Gasteiger partial charge in [-0.15, -0.1) is 0 Å². The molecule has 0 aromatic rings. The van der Waals surface area contributed by atoms with Gasteiger partial charge in [0, 0.05) is 30.0 Å². The van der Waals surface area contributed by atoms with Crippen molar-refractivity contribution in [3.05, 3.63) is 11.6 Å². The zero-order valence-electron chi connectivity index (χ0n) is 7.06. The van der Waals surface area contributed by atoms with E-state index in [1.807, 2.05) is 6.08 Å². The lowest BCUT2D eigenvalue weighted by Crippen LogP contribution is -2.32. The molecular weight excluding hydrogens is 225 g/mol. The summed E-state index contributed by atoms with van der Waals surface area (Å²) >= 11 is 8.84. The minimum atomic E-state index is 0.584. The van der Waals surface area contributed by atoms with Gasteiger partial charge in [0.2, 0.25) is 0 Å². The van der Waals surface area contributed by atoms with E-state index < -0.39 is 0 Å². The second kappa shape index (κ2) is 7.14. The Morgan fingerprint density at radius 3 is 2.55 bits per heavy atom. The van der Waals surface area contributed by atoms with Gasteiger partial charge in [-0.05, 0) is 13.8 Å². The second-order valence-electron chi connectivity index (χ2n) is 2.64. The van der Waals surface area contributed by atoms with E-state index in [2.05, 4.69) is 34.7 Å². The van der Waals surface area contributed by atoms with Crippen LogP contribution in [0.15, 0.2) is 11.6 Å². The smallest absolute Gasteiger partial charge is 0.0177 e. The lowest BCUT2D eigenvalue weighted by atomic mass is 10.3. The van der Waals surface area contributed by atoms with E-state index in [-0.39, 0.29) is 0 Å². The average Bonchev–Trinajstić information content (AvgIpc) is 1.97. The van der Waals surface area contributed by atoms with Crippen LogP contribution in [-0.4, -0.2) is 29.4 Å². The summed E-state index contributed by atoms with van der Waals surface area (Å²) in [6.45, 7) is 6.38. The van der Waals surface area contributed by atoms with E-state index in [4.69, 9.17) is 11.6 Å². The third kappa shape index (κ3) is 5.71. The van der Waals surface area contributed by atoms with Gasteiger partial charge in [-0.1, -0.05) is 33.6 Å². The molecule has 0 atom stereocenters. The van der Waals surface area contributed by atoms with Crippen LogP contribution in [0.3, 0.4) is 0 Å². The van der Waals surface area contributed by atoms with Crippen molar-refractivity contribution in [3.63, 3.8) is 0 Å². The summed E-state index contributed by atoms with van der Waals surface area (Å²) < 4.78 is 0. The standard InChI is InChI=1S/C8H15BrClN/c1-8(2)11(7-4-9)6-3-5-10/h3,5,8H,4,6-7H2,1-2H3/b5-3+. The highest BCUT2D eigenvalue weighted by Crippen LogP contribution is 1.99. The Balaban J connectivity index is 3.69. The highest BCUT2D eigenvalue weighted by atomic mass is 79.9. The number of halogens is 2. The maximum absolute atomic E-state index is 5.43. The Labute approximate surface area is 82.5 Å². The molecule has 0 aliphatic carbocycles. The molecule has 0 heterocycles. The first-order valence-corrected chi connectivity index (χ1v) is 5.33. The van der Waals surface area contributed by atoms with E-state index in [1.54, 1.807) is 5.54 Å². The monoisotopic (exact) mass is 239 g/mol. The largest absolute Gasteiger partial charge is 0.296 e.